The van der Waals surface area contributed by atoms with Crippen LogP contribution in [0.4, 0.5) is 0 Å². The van der Waals surface area contributed by atoms with E-state index in [9.17, 15) is 14.4 Å². The number of hydrogen-bond donors (Lipinski definition) is 0. The third kappa shape index (κ3) is 57.3. The summed E-state index contributed by atoms with van der Waals surface area (Å²) in [4.78, 5) is 38.3. The summed E-state index contributed by atoms with van der Waals surface area (Å²) < 4.78 is 17.0. The van der Waals surface area contributed by atoms with Gasteiger partial charge in [0.05, 0.1) is 0 Å². The maximum atomic E-state index is 12.9. The highest BCUT2D eigenvalue weighted by Gasteiger charge is 2.19. The quantitative estimate of drug-likeness (QED) is 0.0343. The van der Waals surface area contributed by atoms with Gasteiger partial charge in [0.2, 0.25) is 0 Å². The Morgan fingerprint density at radius 2 is 0.386 bits per heavy atom. The Labute approximate surface area is 438 Å². The van der Waals surface area contributed by atoms with Crippen molar-refractivity contribution < 1.29 is 28.6 Å². The minimum Gasteiger partial charge on any atom is -0.462 e. The van der Waals surface area contributed by atoms with Gasteiger partial charge >= 0.3 is 17.9 Å². The monoisotopic (exact) mass is 989 g/mol. The zero-order chi connectivity index (χ0) is 50.7. The maximum absolute atomic E-state index is 12.9. The summed E-state index contributed by atoms with van der Waals surface area (Å²) >= 11 is 0. The van der Waals surface area contributed by atoms with Crippen molar-refractivity contribution in [3.05, 3.63) is 0 Å². The average Bonchev–Trinajstić information content (AvgIpc) is 3.36. The fourth-order valence-electron chi connectivity index (χ4n) is 10.0. The molecule has 0 unspecified atom stereocenters. The molecule has 0 saturated heterocycles. The predicted octanol–water partition coefficient (Wildman–Crippen LogP) is 21.5. The van der Waals surface area contributed by atoms with Crippen molar-refractivity contribution >= 4 is 17.9 Å². The molecule has 0 N–H and O–H groups in total. The largest absolute Gasteiger partial charge is 0.462 e. The van der Waals surface area contributed by atoms with Crippen molar-refractivity contribution in [3.63, 3.8) is 0 Å². The van der Waals surface area contributed by atoms with Gasteiger partial charge in [0.1, 0.15) is 13.2 Å². The molecule has 0 amide bonds. The highest BCUT2D eigenvalue weighted by molar-refractivity contribution is 5.71. The Balaban J connectivity index is 4.27. The molecule has 0 aromatic heterocycles. The third-order valence-electron chi connectivity index (χ3n) is 14.9. The van der Waals surface area contributed by atoms with E-state index in [4.69, 9.17) is 14.2 Å². The van der Waals surface area contributed by atoms with E-state index in [1.165, 1.54) is 276 Å². The molecule has 0 fully saturated rings. The van der Waals surface area contributed by atoms with Crippen LogP contribution >= 0.6 is 0 Å². The van der Waals surface area contributed by atoms with Gasteiger partial charge in [0, 0.05) is 19.3 Å². The first kappa shape index (κ1) is 68.4. The van der Waals surface area contributed by atoms with Crippen molar-refractivity contribution in [2.45, 2.75) is 380 Å². The second-order valence-electron chi connectivity index (χ2n) is 22.1. The first-order valence-corrected chi connectivity index (χ1v) is 32.0. The Morgan fingerprint density at radius 3 is 0.571 bits per heavy atom. The van der Waals surface area contributed by atoms with E-state index in [0.717, 1.165) is 57.8 Å². The first-order valence-electron chi connectivity index (χ1n) is 32.0. The number of unbranched alkanes of at least 4 members (excludes halogenated alkanes) is 49. The van der Waals surface area contributed by atoms with Gasteiger partial charge in [-0.2, -0.15) is 0 Å². The van der Waals surface area contributed by atoms with E-state index in [2.05, 4.69) is 20.8 Å². The number of esters is 3. The highest BCUT2D eigenvalue weighted by Crippen LogP contribution is 2.19. The summed E-state index contributed by atoms with van der Waals surface area (Å²) in [6, 6.07) is 0. The van der Waals surface area contributed by atoms with Crippen LogP contribution in [-0.4, -0.2) is 37.2 Å². The maximum Gasteiger partial charge on any atom is 0.306 e. The van der Waals surface area contributed by atoms with Gasteiger partial charge in [-0.05, 0) is 19.3 Å². The number of hydrogen-bond acceptors (Lipinski definition) is 6. The standard InChI is InChI=1S/C64H124O6/c1-4-7-10-13-16-19-22-25-28-30-32-34-36-39-42-45-48-51-54-57-63(66)69-60-61(59-68-62(65)56-53-50-47-44-41-38-35-27-24-21-18-15-12-9-6-3)70-64(67)58-55-52-49-46-43-40-37-33-31-29-26-23-20-17-14-11-8-5-2/h61H,4-60H2,1-3H3/t61-/m1/s1. The minimum absolute atomic E-state index is 0.0605. The zero-order valence-corrected chi connectivity index (χ0v) is 47.8. The van der Waals surface area contributed by atoms with Crippen LogP contribution in [0.2, 0.25) is 0 Å². The van der Waals surface area contributed by atoms with Gasteiger partial charge in [-0.15, -0.1) is 0 Å². The van der Waals surface area contributed by atoms with E-state index < -0.39 is 6.10 Å². The molecule has 0 aromatic rings. The lowest BCUT2D eigenvalue weighted by Gasteiger charge is -2.18. The van der Waals surface area contributed by atoms with E-state index in [1.54, 1.807) is 0 Å². The van der Waals surface area contributed by atoms with Crippen LogP contribution in [0.15, 0.2) is 0 Å². The molecule has 0 saturated carbocycles. The molecule has 0 aliphatic carbocycles. The normalized spacial score (nSPS) is 11.9. The van der Waals surface area contributed by atoms with Crippen LogP contribution in [0.1, 0.15) is 374 Å². The molecule has 0 aromatic carbocycles. The van der Waals surface area contributed by atoms with Gasteiger partial charge in [-0.1, -0.05) is 335 Å². The van der Waals surface area contributed by atoms with Crippen LogP contribution in [-0.2, 0) is 28.6 Å². The summed E-state index contributed by atoms with van der Waals surface area (Å²) in [6.07, 6.45) is 68.2. The molecule has 1 atom stereocenters. The summed E-state index contributed by atoms with van der Waals surface area (Å²) in [6.45, 7) is 6.73. The van der Waals surface area contributed by atoms with Crippen molar-refractivity contribution in [1.82, 2.24) is 0 Å². The van der Waals surface area contributed by atoms with Crippen LogP contribution < -0.4 is 0 Å². The number of ether oxygens (including phenoxy) is 3. The van der Waals surface area contributed by atoms with E-state index in [1.807, 2.05) is 0 Å². The molecule has 0 heterocycles. The molecule has 6 heteroatoms. The van der Waals surface area contributed by atoms with Gasteiger partial charge in [-0.3, -0.25) is 14.4 Å². The molecule has 0 bridgehead atoms. The summed E-state index contributed by atoms with van der Waals surface area (Å²) in [5.41, 5.74) is 0. The molecule has 416 valence electrons. The van der Waals surface area contributed by atoms with Gasteiger partial charge in [0.25, 0.3) is 0 Å². The number of carbonyl (C=O) groups is 3. The van der Waals surface area contributed by atoms with E-state index in [0.29, 0.717) is 19.3 Å². The van der Waals surface area contributed by atoms with Gasteiger partial charge in [0.15, 0.2) is 6.10 Å². The summed E-state index contributed by atoms with van der Waals surface area (Å²) in [5, 5.41) is 0. The number of carbonyl (C=O) groups excluding carboxylic acids is 3. The zero-order valence-electron chi connectivity index (χ0n) is 47.8. The fourth-order valence-corrected chi connectivity index (χ4v) is 10.0. The summed E-state index contributed by atoms with van der Waals surface area (Å²) in [7, 11) is 0. The lowest BCUT2D eigenvalue weighted by Crippen LogP contribution is -2.30. The third-order valence-corrected chi connectivity index (χ3v) is 14.9. The van der Waals surface area contributed by atoms with Crippen LogP contribution in [0.3, 0.4) is 0 Å². The van der Waals surface area contributed by atoms with Crippen LogP contribution in [0.5, 0.6) is 0 Å². The Kier molecular flexibility index (Phi) is 58.6. The van der Waals surface area contributed by atoms with Crippen molar-refractivity contribution in [1.29, 1.82) is 0 Å². The molecule has 0 aliphatic rings. The lowest BCUT2D eigenvalue weighted by atomic mass is 10.0. The summed E-state index contributed by atoms with van der Waals surface area (Å²) in [5.74, 6) is -0.824. The second-order valence-corrected chi connectivity index (χ2v) is 22.1. The lowest BCUT2D eigenvalue weighted by molar-refractivity contribution is -0.167. The second kappa shape index (κ2) is 60.0. The SMILES string of the molecule is CCCCCCCCCCCCCCCCCCCCCC(=O)OC[C@@H](COC(=O)CCCCCCCCCCCCCCCCC)OC(=O)CCCCCCCCCCCCCCCCCCCC. The Bertz CT molecular complexity index is 1040. The fraction of sp³-hybridized carbons (Fsp3) is 0.953. The van der Waals surface area contributed by atoms with Crippen LogP contribution in [0, 0.1) is 0 Å². The van der Waals surface area contributed by atoms with Crippen molar-refractivity contribution in [2.24, 2.45) is 0 Å². The highest BCUT2D eigenvalue weighted by atomic mass is 16.6. The first-order chi connectivity index (χ1) is 34.5. The Morgan fingerprint density at radius 1 is 0.229 bits per heavy atom. The number of rotatable bonds is 60. The molecular weight excluding hydrogens is 865 g/mol. The molecule has 0 spiro atoms. The molecule has 6 nitrogen and oxygen atoms in total. The molecule has 70 heavy (non-hydrogen) atoms. The Hall–Kier alpha value is -1.59. The minimum atomic E-state index is -0.762. The average molecular weight is 990 g/mol. The predicted molar refractivity (Wildman–Crippen MR) is 303 cm³/mol. The van der Waals surface area contributed by atoms with Gasteiger partial charge < -0.3 is 14.2 Å². The topological polar surface area (TPSA) is 78.9 Å². The van der Waals surface area contributed by atoms with Gasteiger partial charge in [-0.25, -0.2) is 0 Å². The molecular formula is C64H124O6. The molecule has 0 aliphatic heterocycles. The molecule has 0 radical (unpaired) electrons. The molecule has 0 rings (SSSR count). The van der Waals surface area contributed by atoms with Crippen LogP contribution in [0.25, 0.3) is 0 Å². The van der Waals surface area contributed by atoms with E-state index in [-0.39, 0.29) is 31.1 Å². The van der Waals surface area contributed by atoms with E-state index >= 15 is 0 Å². The van der Waals surface area contributed by atoms with Crippen molar-refractivity contribution in [2.75, 3.05) is 13.2 Å². The smallest absolute Gasteiger partial charge is 0.306 e. The van der Waals surface area contributed by atoms with Crippen molar-refractivity contribution in [3.8, 4) is 0 Å².